The average Bonchev–Trinajstić information content (AvgIpc) is 2.16. The van der Waals surface area contributed by atoms with Crippen LogP contribution in [0.4, 0.5) is 0 Å². The van der Waals surface area contributed by atoms with Gasteiger partial charge >= 0.3 is 11.9 Å². The van der Waals surface area contributed by atoms with Crippen LogP contribution in [0.3, 0.4) is 0 Å². The summed E-state index contributed by atoms with van der Waals surface area (Å²) in [6.07, 6.45) is 0.112. The number of alkyl halides is 1. The summed E-state index contributed by atoms with van der Waals surface area (Å²) in [5.41, 5.74) is 0. The van der Waals surface area contributed by atoms with Gasteiger partial charge in [-0.1, -0.05) is 29.5 Å². The van der Waals surface area contributed by atoms with Crippen molar-refractivity contribution in [2.75, 3.05) is 11.0 Å². The SMILES string of the molecule is CCOC(=O)CC(CI)OC(=O)CC. The van der Waals surface area contributed by atoms with E-state index in [1.807, 2.05) is 0 Å². The Hall–Kier alpha value is -0.330. The third-order valence-electron chi connectivity index (χ3n) is 1.46. The van der Waals surface area contributed by atoms with E-state index in [4.69, 9.17) is 9.47 Å². The van der Waals surface area contributed by atoms with Crippen LogP contribution in [0.1, 0.15) is 26.7 Å². The van der Waals surface area contributed by atoms with Gasteiger partial charge in [0.1, 0.15) is 6.10 Å². The molecule has 0 fully saturated rings. The molecule has 0 aliphatic carbocycles. The zero-order valence-electron chi connectivity index (χ0n) is 8.42. The topological polar surface area (TPSA) is 52.6 Å². The molecule has 1 atom stereocenters. The van der Waals surface area contributed by atoms with Gasteiger partial charge < -0.3 is 9.47 Å². The lowest BCUT2D eigenvalue weighted by molar-refractivity contribution is -0.153. The van der Waals surface area contributed by atoms with Crippen molar-refractivity contribution < 1.29 is 19.1 Å². The van der Waals surface area contributed by atoms with E-state index in [1.54, 1.807) is 13.8 Å². The second-order valence-electron chi connectivity index (χ2n) is 2.63. The fourth-order valence-electron chi connectivity index (χ4n) is 0.803. The Balaban J connectivity index is 3.89. The van der Waals surface area contributed by atoms with Crippen LogP contribution in [0.15, 0.2) is 0 Å². The number of halogens is 1. The van der Waals surface area contributed by atoms with Gasteiger partial charge in [0, 0.05) is 10.8 Å². The predicted molar refractivity (Wildman–Crippen MR) is 60.3 cm³/mol. The summed E-state index contributed by atoms with van der Waals surface area (Å²) >= 11 is 2.08. The van der Waals surface area contributed by atoms with Gasteiger partial charge in [-0.25, -0.2) is 0 Å². The Morgan fingerprint density at radius 2 is 1.93 bits per heavy atom. The predicted octanol–water partition coefficient (Wildman–Crippen LogP) is 1.70. The zero-order chi connectivity index (χ0) is 11.0. The van der Waals surface area contributed by atoms with E-state index in [0.29, 0.717) is 17.5 Å². The molecule has 0 bridgehead atoms. The smallest absolute Gasteiger partial charge is 0.309 e. The monoisotopic (exact) mass is 314 g/mol. The van der Waals surface area contributed by atoms with Crippen LogP contribution in [-0.2, 0) is 19.1 Å². The summed E-state index contributed by atoms with van der Waals surface area (Å²) in [6.45, 7) is 3.82. The normalized spacial score (nSPS) is 11.9. The third-order valence-corrected chi connectivity index (χ3v) is 2.44. The molecule has 0 aromatic carbocycles. The minimum absolute atomic E-state index is 0.141. The molecule has 0 N–H and O–H groups in total. The molecule has 0 heterocycles. The first-order valence-corrected chi connectivity index (χ1v) is 6.07. The highest BCUT2D eigenvalue weighted by Crippen LogP contribution is 2.06. The van der Waals surface area contributed by atoms with Crippen LogP contribution < -0.4 is 0 Å². The second-order valence-corrected chi connectivity index (χ2v) is 3.51. The average molecular weight is 314 g/mol. The quantitative estimate of drug-likeness (QED) is 0.425. The van der Waals surface area contributed by atoms with Gasteiger partial charge in [0.15, 0.2) is 0 Å². The fraction of sp³-hybridized carbons (Fsp3) is 0.778. The lowest BCUT2D eigenvalue weighted by Crippen LogP contribution is -2.23. The Bertz CT molecular complexity index is 193. The molecule has 0 amide bonds. The lowest BCUT2D eigenvalue weighted by Gasteiger charge is -2.13. The van der Waals surface area contributed by atoms with Crippen LogP contribution in [0.5, 0.6) is 0 Å². The Morgan fingerprint density at radius 3 is 2.36 bits per heavy atom. The maximum Gasteiger partial charge on any atom is 0.309 e. The van der Waals surface area contributed by atoms with E-state index in [1.165, 1.54) is 0 Å². The van der Waals surface area contributed by atoms with Gasteiger partial charge in [-0.2, -0.15) is 0 Å². The van der Waals surface area contributed by atoms with Crippen LogP contribution in [0.2, 0.25) is 0 Å². The highest BCUT2D eigenvalue weighted by Gasteiger charge is 2.16. The molecule has 0 saturated heterocycles. The maximum absolute atomic E-state index is 11.1. The zero-order valence-corrected chi connectivity index (χ0v) is 10.6. The number of hydrogen-bond acceptors (Lipinski definition) is 4. The number of carbonyl (C=O) groups is 2. The molecule has 1 unspecified atom stereocenters. The number of carbonyl (C=O) groups excluding carboxylic acids is 2. The van der Waals surface area contributed by atoms with Crippen molar-refractivity contribution in [3.63, 3.8) is 0 Å². The van der Waals surface area contributed by atoms with E-state index in [0.717, 1.165) is 0 Å². The van der Waals surface area contributed by atoms with E-state index in [-0.39, 0.29) is 24.5 Å². The summed E-state index contributed by atoms with van der Waals surface area (Å²) < 4.78 is 10.4. The number of ether oxygens (including phenoxy) is 2. The largest absolute Gasteiger partial charge is 0.466 e. The van der Waals surface area contributed by atoms with Gasteiger partial charge in [0.2, 0.25) is 0 Å². The summed E-state index contributed by atoms with van der Waals surface area (Å²) in [7, 11) is 0. The highest BCUT2D eigenvalue weighted by atomic mass is 127. The van der Waals surface area contributed by atoms with Crippen molar-refractivity contribution in [2.24, 2.45) is 0 Å². The summed E-state index contributed by atoms with van der Waals surface area (Å²) in [6, 6.07) is 0. The molecule has 0 rings (SSSR count). The van der Waals surface area contributed by atoms with Crippen molar-refractivity contribution >= 4 is 34.5 Å². The Kier molecular flexibility index (Phi) is 7.83. The van der Waals surface area contributed by atoms with Crippen LogP contribution in [0, 0.1) is 0 Å². The molecule has 5 heteroatoms. The van der Waals surface area contributed by atoms with Crippen molar-refractivity contribution in [1.29, 1.82) is 0 Å². The molecule has 0 aliphatic heterocycles. The van der Waals surface area contributed by atoms with Gasteiger partial charge in [-0.15, -0.1) is 0 Å². The minimum Gasteiger partial charge on any atom is -0.466 e. The van der Waals surface area contributed by atoms with Crippen molar-refractivity contribution in [2.45, 2.75) is 32.8 Å². The number of rotatable bonds is 6. The van der Waals surface area contributed by atoms with Crippen molar-refractivity contribution in [3.8, 4) is 0 Å². The van der Waals surface area contributed by atoms with E-state index in [2.05, 4.69) is 22.6 Å². The molecular formula is C9H15IO4. The lowest BCUT2D eigenvalue weighted by atomic mass is 10.3. The molecule has 0 aromatic heterocycles. The summed E-state index contributed by atoms with van der Waals surface area (Å²) in [4.78, 5) is 22.0. The molecule has 0 radical (unpaired) electrons. The van der Waals surface area contributed by atoms with E-state index >= 15 is 0 Å². The fourth-order valence-corrected chi connectivity index (χ4v) is 1.29. The molecule has 0 saturated carbocycles. The third kappa shape index (κ3) is 6.17. The molecule has 82 valence electrons. The number of hydrogen-bond donors (Lipinski definition) is 0. The molecule has 0 aromatic rings. The first kappa shape index (κ1) is 13.7. The highest BCUT2D eigenvalue weighted by molar-refractivity contribution is 14.1. The standard InChI is InChI=1S/C9H15IO4/c1-3-8(11)14-7(6-10)5-9(12)13-4-2/h7H,3-6H2,1-2H3. The molecule has 0 aliphatic rings. The van der Waals surface area contributed by atoms with E-state index < -0.39 is 0 Å². The van der Waals surface area contributed by atoms with E-state index in [9.17, 15) is 9.59 Å². The molecular weight excluding hydrogens is 299 g/mol. The first-order chi connectivity index (χ1) is 6.63. The van der Waals surface area contributed by atoms with Crippen molar-refractivity contribution in [3.05, 3.63) is 0 Å². The first-order valence-electron chi connectivity index (χ1n) is 4.55. The Morgan fingerprint density at radius 1 is 1.29 bits per heavy atom. The number of esters is 2. The van der Waals surface area contributed by atoms with Gasteiger partial charge in [-0.3, -0.25) is 9.59 Å². The van der Waals surface area contributed by atoms with Crippen LogP contribution >= 0.6 is 22.6 Å². The molecule has 4 nitrogen and oxygen atoms in total. The van der Waals surface area contributed by atoms with Gasteiger partial charge in [-0.05, 0) is 6.92 Å². The Labute approximate surface area is 97.5 Å². The second kappa shape index (κ2) is 8.02. The summed E-state index contributed by atoms with van der Waals surface area (Å²) in [5.74, 6) is -0.603. The maximum atomic E-state index is 11.1. The molecule has 14 heavy (non-hydrogen) atoms. The van der Waals surface area contributed by atoms with Crippen LogP contribution in [-0.4, -0.2) is 29.1 Å². The van der Waals surface area contributed by atoms with Crippen LogP contribution in [0.25, 0.3) is 0 Å². The van der Waals surface area contributed by atoms with Gasteiger partial charge in [0.05, 0.1) is 13.0 Å². The summed E-state index contributed by atoms with van der Waals surface area (Å²) in [5, 5.41) is 0. The van der Waals surface area contributed by atoms with Gasteiger partial charge in [0.25, 0.3) is 0 Å². The minimum atomic E-state index is -0.359. The van der Waals surface area contributed by atoms with Crippen molar-refractivity contribution in [1.82, 2.24) is 0 Å². The molecule has 0 spiro atoms.